The standard InChI is InChI=1S/C14H20N2O3/c1-4-13(17)15-11-6-5-7-12(8-11)16-14(18)9-19-10(2)3/h5-8,10H,4,9H2,1-3H3,(H,15,17)(H,16,18). The second-order valence-electron chi connectivity index (χ2n) is 4.39. The molecule has 0 atom stereocenters. The van der Waals surface area contributed by atoms with Crippen LogP contribution in [-0.2, 0) is 14.3 Å². The van der Waals surface area contributed by atoms with E-state index in [-0.39, 0.29) is 24.5 Å². The second kappa shape index (κ2) is 7.53. The van der Waals surface area contributed by atoms with Gasteiger partial charge in [-0.2, -0.15) is 0 Å². The Morgan fingerprint density at radius 1 is 1.16 bits per heavy atom. The van der Waals surface area contributed by atoms with Crippen LogP contribution in [0, 0.1) is 0 Å². The van der Waals surface area contributed by atoms with E-state index >= 15 is 0 Å². The van der Waals surface area contributed by atoms with Gasteiger partial charge in [0.2, 0.25) is 11.8 Å². The predicted molar refractivity (Wildman–Crippen MR) is 75.1 cm³/mol. The van der Waals surface area contributed by atoms with E-state index in [2.05, 4.69) is 10.6 Å². The summed E-state index contributed by atoms with van der Waals surface area (Å²) in [5, 5.41) is 5.45. The molecule has 1 rings (SSSR count). The molecule has 5 nitrogen and oxygen atoms in total. The molecule has 0 unspecified atom stereocenters. The van der Waals surface area contributed by atoms with Crippen LogP contribution < -0.4 is 10.6 Å². The van der Waals surface area contributed by atoms with Gasteiger partial charge in [-0.25, -0.2) is 0 Å². The van der Waals surface area contributed by atoms with Crippen LogP contribution in [0.15, 0.2) is 24.3 Å². The van der Waals surface area contributed by atoms with Gasteiger partial charge >= 0.3 is 0 Å². The Hall–Kier alpha value is -1.88. The largest absolute Gasteiger partial charge is 0.369 e. The third-order valence-corrected chi connectivity index (χ3v) is 2.30. The molecule has 1 aromatic carbocycles. The zero-order valence-electron chi connectivity index (χ0n) is 11.5. The molecule has 5 heteroatoms. The molecular formula is C14H20N2O3. The number of carbonyl (C=O) groups excluding carboxylic acids is 2. The van der Waals surface area contributed by atoms with Crippen LogP contribution in [0.4, 0.5) is 11.4 Å². The summed E-state index contributed by atoms with van der Waals surface area (Å²) in [6, 6.07) is 7.01. The lowest BCUT2D eigenvalue weighted by molar-refractivity contribution is -0.122. The van der Waals surface area contributed by atoms with Gasteiger partial charge in [0, 0.05) is 17.8 Å². The van der Waals surface area contributed by atoms with Gasteiger partial charge in [-0.3, -0.25) is 9.59 Å². The molecule has 0 bridgehead atoms. The lowest BCUT2D eigenvalue weighted by atomic mass is 10.2. The van der Waals surface area contributed by atoms with Gasteiger partial charge in [0.25, 0.3) is 0 Å². The van der Waals surface area contributed by atoms with Crippen molar-refractivity contribution in [2.75, 3.05) is 17.2 Å². The minimum Gasteiger partial charge on any atom is -0.369 e. The summed E-state index contributed by atoms with van der Waals surface area (Å²) in [5.74, 6) is -0.278. The Balaban J connectivity index is 2.56. The SMILES string of the molecule is CCC(=O)Nc1cccc(NC(=O)COC(C)C)c1. The highest BCUT2D eigenvalue weighted by Crippen LogP contribution is 2.15. The van der Waals surface area contributed by atoms with E-state index in [1.807, 2.05) is 13.8 Å². The smallest absolute Gasteiger partial charge is 0.250 e. The highest BCUT2D eigenvalue weighted by Gasteiger charge is 2.05. The monoisotopic (exact) mass is 264 g/mol. The molecule has 1 aromatic rings. The van der Waals surface area contributed by atoms with Crippen LogP contribution in [-0.4, -0.2) is 24.5 Å². The van der Waals surface area contributed by atoms with Crippen LogP contribution in [0.2, 0.25) is 0 Å². The fourth-order valence-corrected chi connectivity index (χ4v) is 1.36. The molecule has 0 aromatic heterocycles. The maximum Gasteiger partial charge on any atom is 0.250 e. The van der Waals surface area contributed by atoms with Gasteiger partial charge < -0.3 is 15.4 Å². The number of carbonyl (C=O) groups is 2. The number of nitrogens with one attached hydrogen (secondary N) is 2. The van der Waals surface area contributed by atoms with E-state index in [1.54, 1.807) is 31.2 Å². The fraction of sp³-hybridized carbons (Fsp3) is 0.429. The van der Waals surface area contributed by atoms with E-state index in [0.29, 0.717) is 17.8 Å². The van der Waals surface area contributed by atoms with E-state index in [9.17, 15) is 9.59 Å². The Labute approximate surface area is 113 Å². The number of rotatable bonds is 6. The van der Waals surface area contributed by atoms with Gasteiger partial charge in [-0.15, -0.1) is 0 Å². The molecule has 0 saturated carbocycles. The molecule has 104 valence electrons. The summed E-state index contributed by atoms with van der Waals surface area (Å²) in [6.45, 7) is 5.54. The number of benzene rings is 1. The van der Waals surface area contributed by atoms with Gasteiger partial charge in [0.1, 0.15) is 6.61 Å². The van der Waals surface area contributed by atoms with Crippen LogP contribution in [0.5, 0.6) is 0 Å². The maximum atomic E-state index is 11.6. The first-order chi connectivity index (χ1) is 9.01. The van der Waals surface area contributed by atoms with E-state index in [1.165, 1.54) is 0 Å². The second-order valence-corrected chi connectivity index (χ2v) is 4.39. The number of ether oxygens (including phenoxy) is 1. The summed E-state index contributed by atoms with van der Waals surface area (Å²) < 4.78 is 5.21. The molecule has 0 aliphatic heterocycles. The molecule has 0 saturated heterocycles. The molecule has 0 aliphatic rings. The lowest BCUT2D eigenvalue weighted by Crippen LogP contribution is -2.20. The van der Waals surface area contributed by atoms with Crippen molar-refractivity contribution in [2.45, 2.75) is 33.3 Å². The third kappa shape index (κ3) is 6.01. The van der Waals surface area contributed by atoms with Crippen molar-refractivity contribution in [1.82, 2.24) is 0 Å². The first-order valence-electron chi connectivity index (χ1n) is 6.32. The molecular weight excluding hydrogens is 244 g/mol. The predicted octanol–water partition coefficient (Wildman–Crippen LogP) is 2.40. The van der Waals surface area contributed by atoms with Crippen molar-refractivity contribution in [2.24, 2.45) is 0 Å². The van der Waals surface area contributed by atoms with Crippen LogP contribution in [0.1, 0.15) is 27.2 Å². The average Bonchev–Trinajstić information content (AvgIpc) is 2.36. The van der Waals surface area contributed by atoms with E-state index in [0.717, 1.165) is 0 Å². The van der Waals surface area contributed by atoms with E-state index in [4.69, 9.17) is 4.74 Å². The molecule has 19 heavy (non-hydrogen) atoms. The number of amides is 2. The summed E-state index contributed by atoms with van der Waals surface area (Å²) >= 11 is 0. The lowest BCUT2D eigenvalue weighted by Gasteiger charge is -2.10. The van der Waals surface area contributed by atoms with Crippen LogP contribution >= 0.6 is 0 Å². The minimum atomic E-state index is -0.215. The average molecular weight is 264 g/mol. The van der Waals surface area contributed by atoms with Crippen molar-refractivity contribution in [3.8, 4) is 0 Å². The summed E-state index contributed by atoms with van der Waals surface area (Å²) in [4.78, 5) is 22.9. The Morgan fingerprint density at radius 3 is 2.26 bits per heavy atom. The van der Waals surface area contributed by atoms with Gasteiger partial charge in [0.15, 0.2) is 0 Å². The first-order valence-corrected chi connectivity index (χ1v) is 6.32. The molecule has 2 amide bonds. The third-order valence-electron chi connectivity index (χ3n) is 2.30. The molecule has 0 radical (unpaired) electrons. The Bertz CT molecular complexity index is 444. The van der Waals surface area contributed by atoms with Gasteiger partial charge in [-0.05, 0) is 32.0 Å². The van der Waals surface area contributed by atoms with Crippen molar-refractivity contribution in [1.29, 1.82) is 0 Å². The molecule has 0 heterocycles. The zero-order valence-corrected chi connectivity index (χ0v) is 11.5. The fourth-order valence-electron chi connectivity index (χ4n) is 1.36. The topological polar surface area (TPSA) is 67.4 Å². The van der Waals surface area contributed by atoms with Crippen LogP contribution in [0.3, 0.4) is 0 Å². The minimum absolute atomic E-state index is 0.0147. The van der Waals surface area contributed by atoms with E-state index < -0.39 is 0 Å². The Kier molecular flexibility index (Phi) is 6.02. The number of hydrogen-bond acceptors (Lipinski definition) is 3. The van der Waals surface area contributed by atoms with Gasteiger partial charge in [0.05, 0.1) is 6.10 Å². The molecule has 0 spiro atoms. The first kappa shape index (κ1) is 15.2. The highest BCUT2D eigenvalue weighted by molar-refractivity contribution is 5.94. The molecule has 2 N–H and O–H groups in total. The summed E-state index contributed by atoms with van der Waals surface area (Å²) in [7, 11) is 0. The number of hydrogen-bond donors (Lipinski definition) is 2. The normalized spacial score (nSPS) is 10.3. The van der Waals surface area contributed by atoms with Crippen molar-refractivity contribution in [3.63, 3.8) is 0 Å². The van der Waals surface area contributed by atoms with Crippen molar-refractivity contribution >= 4 is 23.2 Å². The van der Waals surface area contributed by atoms with Crippen molar-refractivity contribution < 1.29 is 14.3 Å². The zero-order chi connectivity index (χ0) is 14.3. The summed E-state index contributed by atoms with van der Waals surface area (Å²) in [5.41, 5.74) is 1.29. The quantitative estimate of drug-likeness (QED) is 0.829. The number of anilines is 2. The van der Waals surface area contributed by atoms with Crippen molar-refractivity contribution in [3.05, 3.63) is 24.3 Å². The molecule has 0 fully saturated rings. The summed E-state index contributed by atoms with van der Waals surface area (Å²) in [6.07, 6.45) is 0.430. The van der Waals surface area contributed by atoms with Crippen LogP contribution in [0.25, 0.3) is 0 Å². The maximum absolute atomic E-state index is 11.6. The Morgan fingerprint density at radius 2 is 1.74 bits per heavy atom. The highest BCUT2D eigenvalue weighted by atomic mass is 16.5. The molecule has 0 aliphatic carbocycles. The van der Waals surface area contributed by atoms with Gasteiger partial charge in [-0.1, -0.05) is 13.0 Å².